The van der Waals surface area contributed by atoms with E-state index >= 15 is 0 Å². The molecule has 0 atom stereocenters. The Morgan fingerprint density at radius 3 is 2.25 bits per heavy atom. The largest absolute Gasteiger partial charge is 0.385 e. The Kier molecular flexibility index (Phi) is 5.89. The molecule has 4 heteroatoms. The molecule has 20 heavy (non-hydrogen) atoms. The van der Waals surface area contributed by atoms with Crippen LogP contribution in [0.3, 0.4) is 0 Å². The molecule has 0 unspecified atom stereocenters. The van der Waals surface area contributed by atoms with Gasteiger partial charge >= 0.3 is 0 Å². The van der Waals surface area contributed by atoms with Crippen molar-refractivity contribution in [3.8, 4) is 0 Å². The zero-order valence-corrected chi connectivity index (χ0v) is 12.7. The summed E-state index contributed by atoms with van der Waals surface area (Å²) < 4.78 is 4.88. The Bertz CT molecular complexity index is 458. The van der Waals surface area contributed by atoms with Crippen molar-refractivity contribution < 1.29 is 14.3 Å². The second-order valence-electron chi connectivity index (χ2n) is 5.76. The molecule has 0 fully saturated rings. The molecule has 110 valence electrons. The summed E-state index contributed by atoms with van der Waals surface area (Å²) in [6.07, 6.45) is 0.693. The highest BCUT2D eigenvalue weighted by Gasteiger charge is 2.17. The Balaban J connectivity index is 2.61. The first-order valence-electron chi connectivity index (χ1n) is 6.78. The molecule has 0 aliphatic heterocycles. The normalized spacial score (nSPS) is 11.2. The van der Waals surface area contributed by atoms with Crippen LogP contribution in [0.25, 0.3) is 0 Å². The van der Waals surface area contributed by atoms with E-state index < -0.39 is 11.7 Å². The van der Waals surface area contributed by atoms with Crippen LogP contribution in [-0.2, 0) is 14.9 Å². The highest BCUT2D eigenvalue weighted by Crippen LogP contribution is 2.22. The van der Waals surface area contributed by atoms with Crippen molar-refractivity contribution >= 4 is 11.7 Å². The number of carbonyl (C=O) groups is 2. The van der Waals surface area contributed by atoms with Crippen LogP contribution in [0.2, 0.25) is 0 Å². The predicted octanol–water partition coefficient (Wildman–Crippen LogP) is 2.32. The molecule has 0 heterocycles. The van der Waals surface area contributed by atoms with E-state index in [9.17, 15) is 9.59 Å². The zero-order valence-electron chi connectivity index (χ0n) is 12.7. The van der Waals surface area contributed by atoms with E-state index in [0.29, 0.717) is 25.1 Å². The minimum atomic E-state index is -0.565. The van der Waals surface area contributed by atoms with Crippen molar-refractivity contribution in [2.45, 2.75) is 32.6 Å². The number of hydrogen-bond donors (Lipinski definition) is 1. The fraction of sp³-hybridized carbons (Fsp3) is 0.500. The Labute approximate surface area is 120 Å². The minimum Gasteiger partial charge on any atom is -0.385 e. The maximum atomic E-state index is 11.9. The lowest BCUT2D eigenvalue weighted by Crippen LogP contribution is -2.32. The Morgan fingerprint density at radius 1 is 1.15 bits per heavy atom. The van der Waals surface area contributed by atoms with Gasteiger partial charge in [0.05, 0.1) is 0 Å². The molecule has 4 nitrogen and oxygen atoms in total. The van der Waals surface area contributed by atoms with Crippen molar-refractivity contribution in [2.24, 2.45) is 0 Å². The van der Waals surface area contributed by atoms with Gasteiger partial charge in [-0.25, -0.2) is 0 Å². The van der Waals surface area contributed by atoms with E-state index in [0.717, 1.165) is 5.56 Å². The number of ketones is 1. The summed E-state index contributed by atoms with van der Waals surface area (Å²) in [7, 11) is 1.60. The molecule has 1 amide bonds. The van der Waals surface area contributed by atoms with Crippen LogP contribution in [0, 0.1) is 0 Å². The lowest BCUT2D eigenvalue weighted by molar-refractivity contribution is -0.117. The van der Waals surface area contributed by atoms with Gasteiger partial charge in [0.25, 0.3) is 5.91 Å². The molecular weight excluding hydrogens is 254 g/mol. The van der Waals surface area contributed by atoms with Gasteiger partial charge in [-0.2, -0.15) is 0 Å². The van der Waals surface area contributed by atoms with Gasteiger partial charge in [-0.1, -0.05) is 45.0 Å². The van der Waals surface area contributed by atoms with Crippen LogP contribution >= 0.6 is 0 Å². The molecule has 1 rings (SSSR count). The van der Waals surface area contributed by atoms with E-state index in [1.165, 1.54) is 0 Å². The lowest BCUT2D eigenvalue weighted by Gasteiger charge is -2.18. The summed E-state index contributed by atoms with van der Waals surface area (Å²) in [6, 6.07) is 7.20. The van der Waals surface area contributed by atoms with Gasteiger partial charge in [-0.3, -0.25) is 9.59 Å². The van der Waals surface area contributed by atoms with Crippen LogP contribution in [-0.4, -0.2) is 32.0 Å². The van der Waals surface area contributed by atoms with Gasteiger partial charge in [-0.15, -0.1) is 0 Å². The number of Topliss-reactive ketones (excluding diaryl/α,β-unsaturated/α-hetero) is 1. The number of methoxy groups -OCH3 is 1. The van der Waals surface area contributed by atoms with Crippen molar-refractivity contribution in [3.05, 3.63) is 35.4 Å². The molecule has 0 spiro atoms. The Morgan fingerprint density at radius 2 is 1.75 bits per heavy atom. The molecule has 0 radical (unpaired) electrons. The summed E-state index contributed by atoms with van der Waals surface area (Å²) in [6.45, 7) is 7.32. The molecule has 0 saturated carbocycles. The minimum absolute atomic E-state index is 0.0317. The average Bonchev–Trinajstić information content (AvgIpc) is 2.41. The van der Waals surface area contributed by atoms with Crippen LogP contribution in [0.4, 0.5) is 0 Å². The third-order valence-corrected chi connectivity index (χ3v) is 3.03. The third kappa shape index (κ3) is 4.78. The quantitative estimate of drug-likeness (QED) is 0.493. The maximum Gasteiger partial charge on any atom is 0.292 e. The summed E-state index contributed by atoms with van der Waals surface area (Å²) in [5.74, 6) is -1.06. The van der Waals surface area contributed by atoms with Crippen LogP contribution in [0.5, 0.6) is 0 Å². The van der Waals surface area contributed by atoms with Gasteiger partial charge < -0.3 is 10.1 Å². The zero-order chi connectivity index (χ0) is 15.2. The fourth-order valence-electron chi connectivity index (χ4n) is 1.75. The highest BCUT2D eigenvalue weighted by molar-refractivity contribution is 6.42. The molecule has 0 aromatic heterocycles. The summed E-state index contributed by atoms with van der Waals surface area (Å²) in [5.41, 5.74) is 1.58. The first-order valence-corrected chi connectivity index (χ1v) is 6.78. The third-order valence-electron chi connectivity index (χ3n) is 3.03. The van der Waals surface area contributed by atoms with Gasteiger partial charge in [0.15, 0.2) is 0 Å². The topological polar surface area (TPSA) is 55.4 Å². The standard InChI is InChI=1S/C16H23NO3/c1-16(2,3)13-8-6-12(7-9-13)14(18)15(19)17-10-5-11-20-4/h6-9H,5,10-11H2,1-4H3,(H,17,19). The van der Waals surface area contributed by atoms with Gasteiger partial charge in [0, 0.05) is 25.8 Å². The van der Waals surface area contributed by atoms with Crippen LogP contribution < -0.4 is 5.32 Å². The molecule has 0 aliphatic rings. The number of ether oxygens (including phenoxy) is 1. The van der Waals surface area contributed by atoms with Crippen molar-refractivity contribution in [1.29, 1.82) is 0 Å². The SMILES string of the molecule is COCCCNC(=O)C(=O)c1ccc(C(C)(C)C)cc1. The molecule has 1 aromatic carbocycles. The summed E-state index contributed by atoms with van der Waals surface area (Å²) in [4.78, 5) is 23.6. The maximum absolute atomic E-state index is 11.9. The first kappa shape index (κ1) is 16.4. The van der Waals surface area contributed by atoms with E-state index in [1.807, 2.05) is 12.1 Å². The fourth-order valence-corrected chi connectivity index (χ4v) is 1.75. The molecule has 1 aromatic rings. The first-order chi connectivity index (χ1) is 9.36. The number of amides is 1. The molecule has 1 N–H and O–H groups in total. The smallest absolute Gasteiger partial charge is 0.292 e. The number of carbonyl (C=O) groups excluding carboxylic acids is 2. The average molecular weight is 277 g/mol. The number of hydrogen-bond acceptors (Lipinski definition) is 3. The molecule has 0 saturated heterocycles. The predicted molar refractivity (Wildman–Crippen MR) is 79.0 cm³/mol. The van der Waals surface area contributed by atoms with Crippen molar-refractivity contribution in [2.75, 3.05) is 20.3 Å². The number of nitrogens with one attached hydrogen (secondary N) is 1. The van der Waals surface area contributed by atoms with Gasteiger partial charge in [0.2, 0.25) is 5.78 Å². The van der Waals surface area contributed by atoms with E-state index in [4.69, 9.17) is 4.74 Å². The Hall–Kier alpha value is -1.68. The summed E-state index contributed by atoms with van der Waals surface area (Å²) >= 11 is 0. The second kappa shape index (κ2) is 7.20. The van der Waals surface area contributed by atoms with Crippen LogP contribution in [0.1, 0.15) is 43.1 Å². The van der Waals surface area contributed by atoms with Crippen LogP contribution in [0.15, 0.2) is 24.3 Å². The van der Waals surface area contributed by atoms with E-state index in [-0.39, 0.29) is 5.41 Å². The van der Waals surface area contributed by atoms with E-state index in [1.54, 1.807) is 19.2 Å². The van der Waals surface area contributed by atoms with E-state index in [2.05, 4.69) is 26.1 Å². The lowest BCUT2D eigenvalue weighted by atomic mass is 9.86. The number of benzene rings is 1. The molecular formula is C16H23NO3. The van der Waals surface area contributed by atoms with Crippen molar-refractivity contribution in [1.82, 2.24) is 5.32 Å². The summed E-state index contributed by atoms with van der Waals surface area (Å²) in [5, 5.41) is 2.59. The second-order valence-corrected chi connectivity index (χ2v) is 5.76. The molecule has 0 bridgehead atoms. The monoisotopic (exact) mass is 277 g/mol. The van der Waals surface area contributed by atoms with Crippen molar-refractivity contribution in [3.63, 3.8) is 0 Å². The molecule has 0 aliphatic carbocycles. The van der Waals surface area contributed by atoms with Gasteiger partial charge in [-0.05, 0) is 17.4 Å². The highest BCUT2D eigenvalue weighted by atomic mass is 16.5. The number of rotatable bonds is 6. The van der Waals surface area contributed by atoms with Gasteiger partial charge in [0.1, 0.15) is 0 Å².